The summed E-state index contributed by atoms with van der Waals surface area (Å²) in [6, 6.07) is 7.73. The topological polar surface area (TPSA) is 82.1 Å². The quantitative estimate of drug-likeness (QED) is 0.329. The van der Waals surface area contributed by atoms with Gasteiger partial charge >= 0.3 is 5.97 Å². The number of carbonyl (C=O) groups is 2. The van der Waals surface area contributed by atoms with Crippen molar-refractivity contribution in [2.75, 3.05) is 21.3 Å². The fourth-order valence-electron chi connectivity index (χ4n) is 1.97. The van der Waals surface area contributed by atoms with Crippen LogP contribution in [0.3, 0.4) is 0 Å². The molecule has 0 aromatic heterocycles. The summed E-state index contributed by atoms with van der Waals surface area (Å²) in [5.41, 5.74) is 0.742. The Balaban J connectivity index is 0.000000491. The molecule has 11 heteroatoms. The lowest BCUT2D eigenvalue weighted by Gasteiger charge is -2.12. The number of rotatable bonds is 6. The maximum atomic E-state index is 13.0. The molecule has 2 aromatic rings. The van der Waals surface area contributed by atoms with E-state index in [1.165, 1.54) is 51.7 Å². The molecular weight excluding hydrogens is 602 g/mol. The minimum atomic E-state index is -1.13. The van der Waals surface area contributed by atoms with Crippen LogP contribution in [0.1, 0.15) is 22.0 Å². The highest BCUT2D eigenvalue weighted by molar-refractivity contribution is 9.38. The first-order valence-electron chi connectivity index (χ1n) is 7.91. The summed E-state index contributed by atoms with van der Waals surface area (Å²) in [7, 11) is 3.94. The Kier molecular flexibility index (Phi) is 14.5. The zero-order valence-electron chi connectivity index (χ0n) is 16.1. The number of ether oxygens (including phenoxy) is 3. The molecule has 6 nitrogen and oxygen atoms in total. The number of carbonyl (C=O) groups excluding carboxylic acids is 1. The number of halogens is 5. The van der Waals surface area contributed by atoms with Crippen molar-refractivity contribution in [2.24, 2.45) is 0 Å². The normalized spacial score (nSPS) is 10.7. The second-order valence-electron chi connectivity index (χ2n) is 5.11. The number of hydrogen-bond donors (Lipinski definition) is 1. The summed E-state index contributed by atoms with van der Waals surface area (Å²) in [5, 5.41) is 8.80. The first kappa shape index (κ1) is 28.4. The molecule has 0 aliphatic carbocycles. The molecule has 30 heavy (non-hydrogen) atoms. The van der Waals surface area contributed by atoms with Gasteiger partial charge in [-0.05, 0) is 35.9 Å². The van der Waals surface area contributed by atoms with Crippen LogP contribution >= 0.6 is 47.8 Å². The average Bonchev–Trinajstić information content (AvgIpc) is 2.70. The third kappa shape index (κ3) is 10.5. The summed E-state index contributed by atoms with van der Waals surface area (Å²) in [6.45, 7) is 0. The number of hydrogen-bond acceptors (Lipinski definition) is 5. The van der Waals surface area contributed by atoms with Crippen LogP contribution in [0.2, 0.25) is 0 Å². The maximum Gasteiger partial charge on any atom is 0.337 e. The molecule has 2 rings (SSSR count). The van der Waals surface area contributed by atoms with E-state index in [4.69, 9.17) is 14.6 Å². The van der Waals surface area contributed by atoms with Gasteiger partial charge in [0.15, 0.2) is 29.2 Å². The minimum absolute atomic E-state index is 0.00389. The fourth-order valence-corrected chi connectivity index (χ4v) is 1.97. The van der Waals surface area contributed by atoms with E-state index in [-0.39, 0.29) is 14.1 Å². The monoisotopic (exact) mass is 618 g/mol. The summed E-state index contributed by atoms with van der Waals surface area (Å²) in [4.78, 5) is 21.0. The number of benzene rings is 2. The van der Waals surface area contributed by atoms with Crippen molar-refractivity contribution in [3.8, 4) is 11.5 Å². The Morgan fingerprint density at radius 1 is 0.967 bits per heavy atom. The molecule has 0 radical (unpaired) electrons. The Labute approximate surface area is 197 Å². The van der Waals surface area contributed by atoms with Gasteiger partial charge in [0.05, 0.1) is 14.2 Å². The van der Waals surface area contributed by atoms with Crippen molar-refractivity contribution in [1.82, 2.24) is 0 Å². The standard InChI is InChI=1S/C10H11FO4.C8H7FO2.CHBr3/c1-14-8-5-6(3-4-7(8)11)9(15-2)10(12)13;1-11-8-4-6(5-10)2-3-7(8)9;2-1(3)4/h3-5,9H,1-2H3,(H,12,13);2-5H,1H3;1H. The fraction of sp³-hybridized carbons (Fsp3) is 0.263. The molecule has 0 fully saturated rings. The van der Waals surface area contributed by atoms with Gasteiger partial charge in [-0.15, -0.1) is 0 Å². The van der Waals surface area contributed by atoms with E-state index < -0.39 is 23.7 Å². The molecule has 0 heterocycles. The molecule has 0 aliphatic rings. The smallest absolute Gasteiger partial charge is 0.337 e. The molecule has 0 amide bonds. The van der Waals surface area contributed by atoms with E-state index >= 15 is 0 Å². The summed E-state index contributed by atoms with van der Waals surface area (Å²) in [5.74, 6) is -2.05. The molecule has 0 bridgehead atoms. The van der Waals surface area contributed by atoms with E-state index in [9.17, 15) is 18.4 Å². The second kappa shape index (κ2) is 15.3. The van der Waals surface area contributed by atoms with Crippen molar-refractivity contribution < 1.29 is 37.7 Å². The van der Waals surface area contributed by atoms with Gasteiger partial charge in [0.2, 0.25) is 0 Å². The van der Waals surface area contributed by atoms with Crippen molar-refractivity contribution >= 4 is 60.0 Å². The largest absolute Gasteiger partial charge is 0.494 e. The Hall–Kier alpha value is -1.56. The third-order valence-corrected chi connectivity index (χ3v) is 3.25. The Morgan fingerprint density at radius 2 is 1.43 bits per heavy atom. The van der Waals surface area contributed by atoms with Gasteiger partial charge in [0.1, 0.15) is 8.93 Å². The summed E-state index contributed by atoms with van der Waals surface area (Å²) in [6.07, 6.45) is -0.471. The van der Waals surface area contributed by atoms with Crippen LogP contribution in [-0.2, 0) is 9.53 Å². The zero-order valence-corrected chi connectivity index (χ0v) is 20.8. The molecule has 1 N–H and O–H groups in total. The van der Waals surface area contributed by atoms with Crippen molar-refractivity contribution in [1.29, 1.82) is 0 Å². The van der Waals surface area contributed by atoms with E-state index in [1.54, 1.807) is 0 Å². The SMILES string of the molecule is BrC(Br)Br.COc1cc(C(OC)C(=O)O)ccc1F.COc1cc(C=O)ccc1F. The minimum Gasteiger partial charge on any atom is -0.494 e. The van der Waals surface area contributed by atoms with E-state index in [0.717, 1.165) is 6.07 Å². The number of carboxylic acid groups (broad SMARTS) is 1. The van der Waals surface area contributed by atoms with E-state index in [1.807, 2.05) is 0 Å². The number of aliphatic carboxylic acids is 1. The molecule has 0 saturated heterocycles. The van der Waals surface area contributed by atoms with Crippen molar-refractivity contribution in [3.05, 3.63) is 59.2 Å². The van der Waals surface area contributed by atoms with Crippen LogP contribution in [0.15, 0.2) is 36.4 Å². The maximum absolute atomic E-state index is 13.0. The van der Waals surface area contributed by atoms with Gasteiger partial charge in [0, 0.05) is 12.7 Å². The van der Waals surface area contributed by atoms with Crippen LogP contribution in [0, 0.1) is 11.6 Å². The molecule has 166 valence electrons. The first-order valence-corrected chi connectivity index (χ1v) is 10.7. The molecule has 1 unspecified atom stereocenters. The van der Waals surface area contributed by atoms with Gasteiger partial charge in [-0.25, -0.2) is 13.6 Å². The van der Waals surface area contributed by atoms with Gasteiger partial charge in [-0.3, -0.25) is 4.79 Å². The number of methoxy groups -OCH3 is 3. The Morgan fingerprint density at radius 3 is 1.83 bits per heavy atom. The highest BCUT2D eigenvalue weighted by atomic mass is 80.0. The number of carboxylic acids is 1. The molecule has 0 spiro atoms. The van der Waals surface area contributed by atoms with Crippen LogP contribution in [0.4, 0.5) is 8.78 Å². The first-order chi connectivity index (χ1) is 14.1. The summed E-state index contributed by atoms with van der Waals surface area (Å²) < 4.78 is 40.1. The lowest BCUT2D eigenvalue weighted by atomic mass is 10.1. The zero-order chi connectivity index (χ0) is 23.3. The lowest BCUT2D eigenvalue weighted by molar-refractivity contribution is -0.148. The second-order valence-corrected chi connectivity index (χ2v) is 11.5. The Bertz CT molecular complexity index is 818. The highest BCUT2D eigenvalue weighted by Crippen LogP contribution is 2.24. The van der Waals surface area contributed by atoms with Crippen molar-refractivity contribution in [3.63, 3.8) is 0 Å². The van der Waals surface area contributed by atoms with Gasteiger partial charge in [-0.2, -0.15) is 0 Å². The van der Waals surface area contributed by atoms with Gasteiger partial charge in [0.25, 0.3) is 0 Å². The van der Waals surface area contributed by atoms with Crippen LogP contribution in [-0.4, -0.2) is 41.3 Å². The van der Waals surface area contributed by atoms with Gasteiger partial charge in [-0.1, -0.05) is 53.9 Å². The van der Waals surface area contributed by atoms with Crippen LogP contribution in [0.25, 0.3) is 0 Å². The van der Waals surface area contributed by atoms with E-state index in [2.05, 4.69) is 52.5 Å². The third-order valence-electron chi connectivity index (χ3n) is 3.25. The molecule has 0 saturated carbocycles. The van der Waals surface area contributed by atoms with Crippen LogP contribution < -0.4 is 9.47 Å². The molecular formula is C19H19Br3F2O6. The van der Waals surface area contributed by atoms with Crippen molar-refractivity contribution in [2.45, 2.75) is 8.75 Å². The number of alkyl halides is 3. The number of aldehydes is 1. The molecule has 2 aromatic carbocycles. The van der Waals surface area contributed by atoms with Crippen LogP contribution in [0.5, 0.6) is 11.5 Å². The highest BCUT2D eigenvalue weighted by Gasteiger charge is 2.20. The predicted molar refractivity (Wildman–Crippen MR) is 119 cm³/mol. The lowest BCUT2D eigenvalue weighted by Crippen LogP contribution is -2.13. The van der Waals surface area contributed by atoms with Gasteiger partial charge < -0.3 is 19.3 Å². The average molecular weight is 621 g/mol. The molecule has 1 atom stereocenters. The van der Waals surface area contributed by atoms with E-state index in [0.29, 0.717) is 17.4 Å². The molecule has 0 aliphatic heterocycles. The summed E-state index contributed by atoms with van der Waals surface area (Å²) >= 11 is 9.31. The predicted octanol–water partition coefficient (Wildman–Crippen LogP) is 5.71.